The summed E-state index contributed by atoms with van der Waals surface area (Å²) in [6.45, 7) is 14.5. The van der Waals surface area contributed by atoms with Crippen LogP contribution < -0.4 is 5.73 Å². The van der Waals surface area contributed by atoms with E-state index in [0.29, 0.717) is 23.8 Å². The second kappa shape index (κ2) is 10.5. The van der Waals surface area contributed by atoms with Crippen molar-refractivity contribution in [2.24, 2.45) is 5.92 Å². The van der Waals surface area contributed by atoms with Gasteiger partial charge in [0.2, 0.25) is 0 Å². The normalized spacial score (nSPS) is 23.6. The summed E-state index contributed by atoms with van der Waals surface area (Å²) in [4.78, 5) is 20.0. The molecule has 214 valence electrons. The molecule has 1 saturated carbocycles. The topological polar surface area (TPSA) is 97.9 Å². The third kappa shape index (κ3) is 5.12. The number of nitrogens with two attached hydrogens (primary N) is 1. The lowest BCUT2D eigenvalue weighted by atomic mass is 9.76. The van der Waals surface area contributed by atoms with Gasteiger partial charge in [-0.1, -0.05) is 33.8 Å². The van der Waals surface area contributed by atoms with Crippen molar-refractivity contribution in [2.45, 2.75) is 110 Å². The number of nitrogens with one attached hydrogen (secondary N) is 1. The molecule has 1 aromatic carbocycles. The van der Waals surface area contributed by atoms with E-state index in [9.17, 15) is 0 Å². The molecule has 0 bridgehead atoms. The van der Waals surface area contributed by atoms with Crippen LogP contribution in [0, 0.1) is 5.92 Å². The van der Waals surface area contributed by atoms with Crippen molar-refractivity contribution in [3.05, 3.63) is 47.7 Å². The van der Waals surface area contributed by atoms with Gasteiger partial charge in [0.15, 0.2) is 0 Å². The lowest BCUT2D eigenvalue weighted by molar-refractivity contribution is -0.0386. The first kappa shape index (κ1) is 27.2. The molecular formula is C32H45N7O. The molecule has 8 nitrogen and oxygen atoms in total. The maximum atomic E-state index is 6.65. The van der Waals surface area contributed by atoms with E-state index in [0.717, 1.165) is 60.1 Å². The Morgan fingerprint density at radius 3 is 2.70 bits per heavy atom. The number of imidazole rings is 1. The fraction of sp³-hybridized carbons (Fsp3) is 0.594. The summed E-state index contributed by atoms with van der Waals surface area (Å²) in [5, 5.41) is 0.973. The van der Waals surface area contributed by atoms with Gasteiger partial charge in [-0.3, -0.25) is 4.90 Å². The molecule has 2 atom stereocenters. The molecule has 0 spiro atoms. The van der Waals surface area contributed by atoms with Gasteiger partial charge in [-0.15, -0.1) is 0 Å². The minimum Gasteiger partial charge on any atom is -0.383 e. The van der Waals surface area contributed by atoms with Crippen molar-refractivity contribution in [1.29, 1.82) is 0 Å². The van der Waals surface area contributed by atoms with E-state index in [1.165, 1.54) is 24.0 Å². The summed E-state index contributed by atoms with van der Waals surface area (Å²) < 4.78 is 8.83. The zero-order valence-corrected chi connectivity index (χ0v) is 24.9. The van der Waals surface area contributed by atoms with Crippen molar-refractivity contribution in [2.75, 3.05) is 12.3 Å². The quantitative estimate of drug-likeness (QED) is 0.276. The van der Waals surface area contributed by atoms with Crippen LogP contribution in [0.4, 0.5) is 5.82 Å². The number of H-pyrrole nitrogens is 1. The van der Waals surface area contributed by atoms with Crippen molar-refractivity contribution in [3.8, 4) is 0 Å². The third-order valence-electron chi connectivity index (χ3n) is 9.13. The molecule has 4 aromatic rings. The zero-order chi connectivity index (χ0) is 28.2. The number of hydrogen-bond donors (Lipinski definition) is 2. The van der Waals surface area contributed by atoms with Crippen LogP contribution in [0.3, 0.4) is 0 Å². The van der Waals surface area contributed by atoms with Crippen LogP contribution in [0.5, 0.6) is 0 Å². The second-order valence-electron chi connectivity index (χ2n) is 13.3. The molecule has 6 rings (SSSR count). The first-order valence-corrected chi connectivity index (χ1v) is 15.1. The predicted molar refractivity (Wildman–Crippen MR) is 161 cm³/mol. The van der Waals surface area contributed by atoms with Gasteiger partial charge in [-0.05, 0) is 80.5 Å². The molecule has 2 unspecified atom stereocenters. The SMILES string of the molecule is CCc1cn(C2CCC(CN(C(C)C)C3CC(Cc4nc5ccc(C(C)(C)C)cc5[nH]4)C3)O2)c2ncnc(N)c12. The number of nitrogens with zero attached hydrogens (tertiary/aromatic N) is 5. The Hall–Kier alpha value is -2.97. The maximum Gasteiger partial charge on any atom is 0.147 e. The maximum absolute atomic E-state index is 6.65. The predicted octanol–water partition coefficient (Wildman–Crippen LogP) is 6.16. The van der Waals surface area contributed by atoms with Gasteiger partial charge >= 0.3 is 0 Å². The molecule has 1 saturated heterocycles. The van der Waals surface area contributed by atoms with E-state index < -0.39 is 0 Å². The van der Waals surface area contributed by atoms with E-state index >= 15 is 0 Å². The summed E-state index contributed by atoms with van der Waals surface area (Å²) in [5.74, 6) is 2.35. The number of anilines is 1. The van der Waals surface area contributed by atoms with Gasteiger partial charge in [0.25, 0.3) is 0 Å². The summed E-state index contributed by atoms with van der Waals surface area (Å²) in [6.07, 6.45) is 10.3. The fourth-order valence-electron chi connectivity index (χ4n) is 6.75. The Bertz CT molecular complexity index is 1490. The summed E-state index contributed by atoms with van der Waals surface area (Å²) >= 11 is 0. The number of ether oxygens (including phenoxy) is 1. The van der Waals surface area contributed by atoms with E-state index in [4.69, 9.17) is 15.5 Å². The van der Waals surface area contributed by atoms with Gasteiger partial charge in [0.05, 0.1) is 22.5 Å². The average molecular weight is 544 g/mol. The van der Waals surface area contributed by atoms with E-state index in [2.05, 4.69) is 90.4 Å². The van der Waals surface area contributed by atoms with Crippen LogP contribution in [0.2, 0.25) is 0 Å². The van der Waals surface area contributed by atoms with Crippen LogP contribution >= 0.6 is 0 Å². The van der Waals surface area contributed by atoms with Gasteiger partial charge in [0.1, 0.15) is 29.8 Å². The van der Waals surface area contributed by atoms with Crippen molar-refractivity contribution >= 4 is 27.9 Å². The standard InChI is InChI=1S/C32H45N7O/c1-7-21-16-39(31-29(21)30(33)34-18-35-31)28-11-9-24(40-28)17-38(19(2)3)23-12-20(13-23)14-27-36-25-10-8-22(32(4,5)6)15-26(25)37-27/h8,10,15-16,18-20,23-24,28H,7,9,11-14,17H2,1-6H3,(H,36,37)(H2,33,34,35). The molecule has 0 amide bonds. The van der Waals surface area contributed by atoms with E-state index in [1.54, 1.807) is 6.33 Å². The number of benzene rings is 1. The number of hydrogen-bond acceptors (Lipinski definition) is 6. The number of nitrogen functional groups attached to an aromatic ring is 1. The smallest absolute Gasteiger partial charge is 0.147 e. The highest BCUT2D eigenvalue weighted by Crippen LogP contribution is 2.38. The summed E-state index contributed by atoms with van der Waals surface area (Å²) in [6, 6.07) is 7.74. The van der Waals surface area contributed by atoms with Crippen LogP contribution in [0.15, 0.2) is 30.7 Å². The van der Waals surface area contributed by atoms with Crippen molar-refractivity contribution in [3.63, 3.8) is 0 Å². The lowest BCUT2D eigenvalue weighted by Gasteiger charge is -2.45. The summed E-state index contributed by atoms with van der Waals surface area (Å²) in [5.41, 5.74) is 12.0. The largest absolute Gasteiger partial charge is 0.383 e. The van der Waals surface area contributed by atoms with Crippen LogP contribution in [-0.2, 0) is 23.0 Å². The lowest BCUT2D eigenvalue weighted by Crippen LogP contribution is -2.51. The van der Waals surface area contributed by atoms with Crippen LogP contribution in [0.25, 0.3) is 22.1 Å². The Balaban J connectivity index is 1.07. The zero-order valence-electron chi connectivity index (χ0n) is 24.9. The molecule has 3 N–H and O–H groups in total. The second-order valence-corrected chi connectivity index (χ2v) is 13.3. The first-order chi connectivity index (χ1) is 19.1. The summed E-state index contributed by atoms with van der Waals surface area (Å²) in [7, 11) is 0. The number of aromatic amines is 1. The molecule has 4 heterocycles. The van der Waals surface area contributed by atoms with Gasteiger partial charge in [0, 0.05) is 31.2 Å². The molecule has 2 fully saturated rings. The Morgan fingerprint density at radius 1 is 1.18 bits per heavy atom. The van der Waals surface area contributed by atoms with Gasteiger partial charge in [-0.25, -0.2) is 15.0 Å². The number of aromatic nitrogens is 5. The number of aryl methyl sites for hydroxylation is 1. The number of fused-ring (bicyclic) bond motifs is 2. The van der Waals surface area contributed by atoms with Gasteiger partial charge < -0.3 is 20.0 Å². The molecule has 1 aliphatic carbocycles. The highest BCUT2D eigenvalue weighted by atomic mass is 16.5. The fourth-order valence-corrected chi connectivity index (χ4v) is 6.75. The molecule has 3 aromatic heterocycles. The van der Waals surface area contributed by atoms with E-state index in [-0.39, 0.29) is 17.7 Å². The highest BCUT2D eigenvalue weighted by Gasteiger charge is 2.38. The number of rotatable bonds is 8. The Morgan fingerprint density at radius 2 is 1.98 bits per heavy atom. The Kier molecular flexibility index (Phi) is 7.11. The van der Waals surface area contributed by atoms with Crippen molar-refractivity contribution < 1.29 is 4.74 Å². The Labute approximate surface area is 237 Å². The minimum atomic E-state index is -0.00265. The van der Waals surface area contributed by atoms with Gasteiger partial charge in [-0.2, -0.15) is 0 Å². The third-order valence-corrected chi connectivity index (χ3v) is 9.13. The molecule has 0 radical (unpaired) electrons. The van der Waals surface area contributed by atoms with Crippen molar-refractivity contribution in [1.82, 2.24) is 29.4 Å². The molecule has 2 aliphatic rings. The highest BCUT2D eigenvalue weighted by molar-refractivity contribution is 5.89. The van der Waals surface area contributed by atoms with Crippen LogP contribution in [0.1, 0.15) is 90.4 Å². The first-order valence-electron chi connectivity index (χ1n) is 15.1. The minimum absolute atomic E-state index is 0.00265. The monoisotopic (exact) mass is 543 g/mol. The molecule has 8 heteroatoms. The average Bonchev–Trinajstić information content (AvgIpc) is 3.60. The molecule has 40 heavy (non-hydrogen) atoms. The van der Waals surface area contributed by atoms with E-state index in [1.807, 2.05) is 0 Å². The van der Waals surface area contributed by atoms with Crippen LogP contribution in [-0.4, -0.2) is 54.1 Å². The molecular weight excluding hydrogens is 498 g/mol. The molecule has 1 aliphatic heterocycles.